The van der Waals surface area contributed by atoms with Gasteiger partial charge in [-0.15, -0.1) is 0 Å². The van der Waals surface area contributed by atoms with Crippen molar-refractivity contribution in [2.24, 2.45) is 0 Å². The average molecular weight is 438 g/mol. The summed E-state index contributed by atoms with van der Waals surface area (Å²) in [5.74, 6) is -2.01. The Morgan fingerprint density at radius 3 is 2.72 bits per heavy atom. The molecule has 2 aromatic carbocycles. The lowest BCUT2D eigenvalue weighted by Gasteiger charge is -2.13. The standard InChI is InChI=1S/C24H20F2N2O4/c1-31-24(30)16-6-8-21(27-12-16)18-4-2-3-15-11-17(32-23(15)18)13-28-22(29)10-14-5-7-19(25)20(26)9-14/h2-9,12,17H,10-11,13H2,1H3,(H,28,29)/t17-/m0/s1. The summed E-state index contributed by atoms with van der Waals surface area (Å²) in [6, 6.07) is 12.5. The first-order valence-electron chi connectivity index (χ1n) is 9.98. The number of carbonyl (C=O) groups excluding carboxylic acids is 2. The zero-order valence-electron chi connectivity index (χ0n) is 17.2. The van der Waals surface area contributed by atoms with Gasteiger partial charge < -0.3 is 14.8 Å². The monoisotopic (exact) mass is 438 g/mol. The molecule has 0 aliphatic carbocycles. The Labute approximate surface area is 183 Å². The second kappa shape index (κ2) is 9.13. The molecule has 0 spiro atoms. The minimum absolute atomic E-state index is 0.0570. The molecule has 6 nitrogen and oxygen atoms in total. The molecule has 0 radical (unpaired) electrons. The van der Waals surface area contributed by atoms with Crippen LogP contribution in [-0.2, 0) is 22.4 Å². The van der Waals surface area contributed by atoms with Crippen LogP contribution in [-0.4, -0.2) is 36.6 Å². The first-order chi connectivity index (χ1) is 15.4. The molecular formula is C24H20F2N2O4. The third kappa shape index (κ3) is 4.59. The van der Waals surface area contributed by atoms with Crippen LogP contribution >= 0.6 is 0 Å². The van der Waals surface area contributed by atoms with Crippen molar-refractivity contribution in [3.8, 4) is 17.0 Å². The Kier molecular flexibility index (Phi) is 6.11. The molecular weight excluding hydrogens is 418 g/mol. The number of carbonyl (C=O) groups is 2. The summed E-state index contributed by atoms with van der Waals surface area (Å²) in [6.07, 6.45) is 1.73. The molecule has 1 N–H and O–H groups in total. The topological polar surface area (TPSA) is 77.5 Å². The van der Waals surface area contributed by atoms with Gasteiger partial charge in [0.25, 0.3) is 0 Å². The summed E-state index contributed by atoms with van der Waals surface area (Å²) in [5.41, 5.74) is 3.17. The second-order valence-electron chi connectivity index (χ2n) is 7.39. The summed E-state index contributed by atoms with van der Waals surface area (Å²) in [5, 5.41) is 2.78. The highest BCUT2D eigenvalue weighted by Gasteiger charge is 2.26. The minimum atomic E-state index is -0.981. The first-order valence-corrected chi connectivity index (χ1v) is 9.98. The van der Waals surface area contributed by atoms with E-state index < -0.39 is 17.6 Å². The summed E-state index contributed by atoms with van der Waals surface area (Å²) >= 11 is 0. The molecule has 4 rings (SSSR count). The van der Waals surface area contributed by atoms with E-state index in [0.717, 1.165) is 23.3 Å². The van der Waals surface area contributed by atoms with E-state index in [1.165, 1.54) is 19.4 Å². The molecule has 1 aliphatic rings. The normalized spacial score (nSPS) is 14.4. The van der Waals surface area contributed by atoms with E-state index in [1.807, 2.05) is 18.2 Å². The van der Waals surface area contributed by atoms with Gasteiger partial charge in [0.05, 0.1) is 31.3 Å². The van der Waals surface area contributed by atoms with Crippen LogP contribution in [0.4, 0.5) is 8.78 Å². The van der Waals surface area contributed by atoms with Crippen molar-refractivity contribution in [1.82, 2.24) is 10.3 Å². The highest BCUT2D eigenvalue weighted by atomic mass is 19.2. The van der Waals surface area contributed by atoms with Crippen molar-refractivity contribution in [1.29, 1.82) is 0 Å². The molecule has 1 aromatic heterocycles. The number of aromatic nitrogens is 1. The number of benzene rings is 2. The SMILES string of the molecule is COC(=O)c1ccc(-c2cccc3c2O[C@H](CNC(=O)Cc2ccc(F)c(F)c2)C3)nc1. The number of esters is 1. The third-order valence-corrected chi connectivity index (χ3v) is 5.16. The summed E-state index contributed by atoms with van der Waals surface area (Å²) in [6.45, 7) is 0.269. The highest BCUT2D eigenvalue weighted by Crippen LogP contribution is 2.38. The predicted molar refractivity (Wildman–Crippen MR) is 112 cm³/mol. The quantitative estimate of drug-likeness (QED) is 0.597. The number of nitrogens with zero attached hydrogens (tertiary/aromatic N) is 1. The Morgan fingerprint density at radius 2 is 2.00 bits per heavy atom. The molecule has 0 unspecified atom stereocenters. The first kappa shape index (κ1) is 21.4. The molecule has 0 saturated carbocycles. The van der Waals surface area contributed by atoms with Gasteiger partial charge in [0.1, 0.15) is 11.9 Å². The number of ether oxygens (including phenoxy) is 2. The van der Waals surface area contributed by atoms with Crippen LogP contribution in [0.25, 0.3) is 11.3 Å². The lowest BCUT2D eigenvalue weighted by Crippen LogP contribution is -2.35. The fourth-order valence-corrected chi connectivity index (χ4v) is 3.57. The van der Waals surface area contributed by atoms with Crippen molar-refractivity contribution in [3.63, 3.8) is 0 Å². The van der Waals surface area contributed by atoms with Crippen LogP contribution in [0.1, 0.15) is 21.5 Å². The van der Waals surface area contributed by atoms with Crippen molar-refractivity contribution in [2.45, 2.75) is 18.9 Å². The van der Waals surface area contributed by atoms with E-state index in [4.69, 9.17) is 9.47 Å². The van der Waals surface area contributed by atoms with E-state index in [0.29, 0.717) is 29.0 Å². The van der Waals surface area contributed by atoms with Crippen molar-refractivity contribution in [2.75, 3.05) is 13.7 Å². The number of halogens is 2. The fourth-order valence-electron chi connectivity index (χ4n) is 3.57. The van der Waals surface area contributed by atoms with Gasteiger partial charge in [-0.3, -0.25) is 9.78 Å². The van der Waals surface area contributed by atoms with E-state index in [-0.39, 0.29) is 25.0 Å². The van der Waals surface area contributed by atoms with Gasteiger partial charge in [0.15, 0.2) is 11.6 Å². The zero-order chi connectivity index (χ0) is 22.7. The lowest BCUT2D eigenvalue weighted by molar-refractivity contribution is -0.120. The van der Waals surface area contributed by atoms with Gasteiger partial charge in [0.2, 0.25) is 5.91 Å². The third-order valence-electron chi connectivity index (χ3n) is 5.16. The molecule has 1 amide bonds. The van der Waals surface area contributed by atoms with Crippen LogP contribution in [0.3, 0.4) is 0 Å². The number of fused-ring (bicyclic) bond motifs is 1. The van der Waals surface area contributed by atoms with Crippen LogP contribution in [0.5, 0.6) is 5.75 Å². The van der Waals surface area contributed by atoms with Gasteiger partial charge in [-0.05, 0) is 41.5 Å². The largest absolute Gasteiger partial charge is 0.487 e. The summed E-state index contributed by atoms with van der Waals surface area (Å²) in [4.78, 5) is 28.2. The van der Waals surface area contributed by atoms with Gasteiger partial charge in [-0.1, -0.05) is 18.2 Å². The van der Waals surface area contributed by atoms with Crippen molar-refractivity contribution >= 4 is 11.9 Å². The van der Waals surface area contributed by atoms with Crippen molar-refractivity contribution in [3.05, 3.63) is 83.1 Å². The van der Waals surface area contributed by atoms with Gasteiger partial charge in [-0.2, -0.15) is 0 Å². The van der Waals surface area contributed by atoms with E-state index >= 15 is 0 Å². The molecule has 0 bridgehead atoms. The van der Waals surface area contributed by atoms with Gasteiger partial charge >= 0.3 is 5.97 Å². The Balaban J connectivity index is 1.39. The Hall–Kier alpha value is -3.81. The molecule has 8 heteroatoms. The Bertz CT molecular complexity index is 1170. The van der Waals surface area contributed by atoms with E-state index in [9.17, 15) is 18.4 Å². The molecule has 32 heavy (non-hydrogen) atoms. The average Bonchev–Trinajstić information content (AvgIpc) is 3.23. The second-order valence-corrected chi connectivity index (χ2v) is 7.39. The molecule has 0 fully saturated rings. The number of hydrogen-bond acceptors (Lipinski definition) is 5. The van der Waals surface area contributed by atoms with Crippen LogP contribution in [0.2, 0.25) is 0 Å². The van der Waals surface area contributed by atoms with Crippen LogP contribution in [0.15, 0.2) is 54.7 Å². The fraction of sp³-hybridized carbons (Fsp3) is 0.208. The molecule has 3 aromatic rings. The number of methoxy groups -OCH3 is 1. The molecule has 164 valence electrons. The van der Waals surface area contributed by atoms with Gasteiger partial charge in [0, 0.05) is 18.2 Å². The van der Waals surface area contributed by atoms with Crippen LogP contribution in [0, 0.1) is 11.6 Å². The summed E-state index contributed by atoms with van der Waals surface area (Å²) in [7, 11) is 1.31. The molecule has 2 heterocycles. The maximum Gasteiger partial charge on any atom is 0.339 e. The molecule has 1 aliphatic heterocycles. The number of rotatable bonds is 6. The number of pyridine rings is 1. The number of amides is 1. The number of para-hydroxylation sites is 1. The van der Waals surface area contributed by atoms with Crippen molar-refractivity contribution < 1.29 is 27.8 Å². The van der Waals surface area contributed by atoms with Crippen LogP contribution < -0.4 is 10.1 Å². The van der Waals surface area contributed by atoms with Gasteiger partial charge in [-0.25, -0.2) is 13.6 Å². The lowest BCUT2D eigenvalue weighted by atomic mass is 10.0. The number of nitrogens with one attached hydrogen (secondary N) is 1. The maximum atomic E-state index is 13.3. The predicted octanol–water partition coefficient (Wildman–Crippen LogP) is 3.48. The minimum Gasteiger partial charge on any atom is -0.487 e. The summed E-state index contributed by atoms with van der Waals surface area (Å²) < 4.78 is 37.1. The maximum absolute atomic E-state index is 13.3. The highest BCUT2D eigenvalue weighted by molar-refractivity contribution is 5.89. The molecule has 0 saturated heterocycles. The Morgan fingerprint density at radius 1 is 1.16 bits per heavy atom. The number of hydrogen-bond donors (Lipinski definition) is 1. The molecule has 1 atom stereocenters. The van der Waals surface area contributed by atoms with E-state index in [2.05, 4.69) is 10.3 Å². The van der Waals surface area contributed by atoms with E-state index in [1.54, 1.807) is 12.1 Å². The zero-order valence-corrected chi connectivity index (χ0v) is 17.2. The smallest absolute Gasteiger partial charge is 0.339 e.